The van der Waals surface area contributed by atoms with Crippen molar-refractivity contribution in [3.63, 3.8) is 0 Å². The maximum atomic E-state index is 12.7. The fraction of sp³-hybridized carbons (Fsp3) is 0.393. The summed E-state index contributed by atoms with van der Waals surface area (Å²) in [4.78, 5) is 60.3. The molecule has 40 heavy (non-hydrogen) atoms. The molecule has 4 N–H and O–H groups in total. The molecule has 0 aliphatic heterocycles. The molecule has 0 heterocycles. The number of benzene rings is 2. The lowest BCUT2D eigenvalue weighted by Gasteiger charge is -2.18. The largest absolute Gasteiger partial charge is 0.465 e. The van der Waals surface area contributed by atoms with E-state index < -0.39 is 42.6 Å². The maximum Gasteiger partial charge on any atom is 0.408 e. The van der Waals surface area contributed by atoms with Gasteiger partial charge in [-0.05, 0) is 37.3 Å². The predicted molar refractivity (Wildman–Crippen MR) is 145 cm³/mol. The van der Waals surface area contributed by atoms with Gasteiger partial charge in [-0.3, -0.25) is 14.4 Å². The first kappa shape index (κ1) is 31.6. The molecule has 12 heteroatoms. The van der Waals surface area contributed by atoms with Gasteiger partial charge in [0, 0.05) is 6.54 Å². The molecular formula is C28H36N4O8. The molecule has 12 nitrogen and oxygen atoms in total. The minimum Gasteiger partial charge on any atom is -0.465 e. The van der Waals surface area contributed by atoms with E-state index in [1.807, 2.05) is 48.5 Å². The van der Waals surface area contributed by atoms with E-state index in [-0.39, 0.29) is 32.8 Å². The molecule has 0 saturated carbocycles. The summed E-state index contributed by atoms with van der Waals surface area (Å²) in [6, 6.07) is 17.3. The van der Waals surface area contributed by atoms with Gasteiger partial charge < -0.3 is 35.5 Å². The number of unbranched alkanes of at least 4 members (excludes halogenated alkanes) is 1. The second-order valence-electron chi connectivity index (χ2n) is 8.54. The van der Waals surface area contributed by atoms with E-state index in [0.717, 1.165) is 11.1 Å². The van der Waals surface area contributed by atoms with Gasteiger partial charge in [0.1, 0.15) is 25.8 Å². The van der Waals surface area contributed by atoms with Crippen LogP contribution in [0.15, 0.2) is 60.7 Å². The van der Waals surface area contributed by atoms with E-state index >= 15 is 0 Å². The average molecular weight is 557 g/mol. The van der Waals surface area contributed by atoms with Gasteiger partial charge in [-0.2, -0.15) is 0 Å². The number of rotatable bonds is 16. The number of hydrogen-bond acceptors (Lipinski definition) is 8. The molecule has 2 rings (SSSR count). The Morgan fingerprint density at radius 1 is 0.700 bits per heavy atom. The monoisotopic (exact) mass is 556 g/mol. The van der Waals surface area contributed by atoms with Crippen LogP contribution in [-0.2, 0) is 41.8 Å². The molecule has 0 aliphatic rings. The number of esters is 1. The number of nitrogens with one attached hydrogen (secondary N) is 4. The third kappa shape index (κ3) is 13.8. The van der Waals surface area contributed by atoms with Crippen molar-refractivity contribution in [2.24, 2.45) is 0 Å². The topological polar surface area (TPSA) is 161 Å². The number of ether oxygens (including phenoxy) is 3. The molecule has 0 radical (unpaired) electrons. The van der Waals surface area contributed by atoms with Gasteiger partial charge in [-0.15, -0.1) is 0 Å². The summed E-state index contributed by atoms with van der Waals surface area (Å²) in [5.41, 5.74) is 1.65. The molecule has 1 atom stereocenters. The van der Waals surface area contributed by atoms with Crippen molar-refractivity contribution in [2.45, 2.75) is 45.4 Å². The standard InChI is InChI=1S/C28H36N4O8/c1-2-38-25(34)18-30-24(33)17-31-26(35)23(32-28(37)40-20-22-13-7-4-8-14-22)15-9-10-16-29-27(36)39-19-21-11-5-3-6-12-21/h3-8,11-14,23H,2,9-10,15-20H2,1H3,(H,29,36)(H,30,33)(H,31,35)(H,32,37). The Kier molecular flexibility index (Phi) is 14.7. The van der Waals surface area contributed by atoms with Gasteiger partial charge in [0.15, 0.2) is 0 Å². The average Bonchev–Trinajstić information content (AvgIpc) is 2.97. The number of carbonyl (C=O) groups excluding carboxylic acids is 5. The molecule has 0 aliphatic carbocycles. The molecule has 1 unspecified atom stereocenters. The molecule has 4 amide bonds. The smallest absolute Gasteiger partial charge is 0.408 e. The summed E-state index contributed by atoms with van der Waals surface area (Å²) in [6.45, 7) is 1.58. The van der Waals surface area contributed by atoms with Crippen molar-refractivity contribution < 1.29 is 38.2 Å². The van der Waals surface area contributed by atoms with Crippen LogP contribution < -0.4 is 21.3 Å². The number of alkyl carbamates (subject to hydrolysis) is 2. The fourth-order valence-electron chi connectivity index (χ4n) is 3.35. The van der Waals surface area contributed by atoms with Crippen molar-refractivity contribution in [2.75, 3.05) is 26.2 Å². The lowest BCUT2D eigenvalue weighted by atomic mass is 10.1. The Hall–Kier alpha value is -4.61. The normalized spacial score (nSPS) is 10.9. The highest BCUT2D eigenvalue weighted by Gasteiger charge is 2.22. The summed E-state index contributed by atoms with van der Waals surface area (Å²) >= 11 is 0. The van der Waals surface area contributed by atoms with Gasteiger partial charge in [0.25, 0.3) is 0 Å². The molecule has 0 spiro atoms. The Bertz CT molecular complexity index is 1080. The van der Waals surface area contributed by atoms with Crippen LogP contribution in [0.1, 0.15) is 37.3 Å². The Balaban J connectivity index is 1.78. The van der Waals surface area contributed by atoms with Crippen LogP contribution in [0.4, 0.5) is 9.59 Å². The van der Waals surface area contributed by atoms with E-state index in [1.165, 1.54) is 0 Å². The predicted octanol–water partition coefficient (Wildman–Crippen LogP) is 2.17. The molecule has 0 saturated heterocycles. The summed E-state index contributed by atoms with van der Waals surface area (Å²) in [6.07, 6.45) is -0.166. The third-order valence-corrected chi connectivity index (χ3v) is 5.38. The lowest BCUT2D eigenvalue weighted by Crippen LogP contribution is -2.49. The first-order valence-electron chi connectivity index (χ1n) is 13.0. The van der Waals surface area contributed by atoms with E-state index in [0.29, 0.717) is 19.4 Å². The minimum atomic E-state index is -0.994. The van der Waals surface area contributed by atoms with Crippen molar-refractivity contribution in [1.29, 1.82) is 0 Å². The Labute approximate surface area is 233 Å². The van der Waals surface area contributed by atoms with Gasteiger partial charge in [0.05, 0.1) is 13.2 Å². The van der Waals surface area contributed by atoms with E-state index in [2.05, 4.69) is 21.3 Å². The molecule has 216 valence electrons. The van der Waals surface area contributed by atoms with Crippen LogP contribution in [0.3, 0.4) is 0 Å². The van der Waals surface area contributed by atoms with Gasteiger partial charge >= 0.3 is 18.2 Å². The van der Waals surface area contributed by atoms with Crippen LogP contribution in [0.5, 0.6) is 0 Å². The molecule has 2 aromatic rings. The van der Waals surface area contributed by atoms with Crippen molar-refractivity contribution in [1.82, 2.24) is 21.3 Å². The summed E-state index contributed by atoms with van der Waals surface area (Å²) in [7, 11) is 0. The zero-order chi connectivity index (χ0) is 29.0. The highest BCUT2D eigenvalue weighted by molar-refractivity contribution is 5.90. The Morgan fingerprint density at radius 2 is 1.30 bits per heavy atom. The van der Waals surface area contributed by atoms with E-state index in [4.69, 9.17) is 14.2 Å². The number of hydrogen-bond donors (Lipinski definition) is 4. The van der Waals surface area contributed by atoms with Gasteiger partial charge in [-0.1, -0.05) is 60.7 Å². The highest BCUT2D eigenvalue weighted by atomic mass is 16.6. The second-order valence-corrected chi connectivity index (χ2v) is 8.54. The first-order chi connectivity index (χ1) is 19.4. The maximum absolute atomic E-state index is 12.7. The SMILES string of the molecule is CCOC(=O)CNC(=O)CNC(=O)C(CCCCNC(=O)OCc1ccccc1)NC(=O)OCc1ccccc1. The number of carbonyl (C=O) groups is 5. The van der Waals surface area contributed by atoms with Crippen LogP contribution in [0.2, 0.25) is 0 Å². The van der Waals surface area contributed by atoms with E-state index in [1.54, 1.807) is 19.1 Å². The molecule has 0 fully saturated rings. The zero-order valence-corrected chi connectivity index (χ0v) is 22.5. The third-order valence-electron chi connectivity index (χ3n) is 5.38. The highest BCUT2D eigenvalue weighted by Crippen LogP contribution is 2.05. The van der Waals surface area contributed by atoms with Crippen molar-refractivity contribution >= 4 is 30.0 Å². The molecule has 0 aromatic heterocycles. The van der Waals surface area contributed by atoms with Crippen LogP contribution >= 0.6 is 0 Å². The minimum absolute atomic E-state index is 0.0201. The molecule has 0 bridgehead atoms. The van der Waals surface area contributed by atoms with Crippen molar-refractivity contribution in [3.8, 4) is 0 Å². The number of amides is 4. The van der Waals surface area contributed by atoms with Crippen LogP contribution in [-0.4, -0.2) is 62.3 Å². The quantitative estimate of drug-likeness (QED) is 0.139. The lowest BCUT2D eigenvalue weighted by molar-refractivity contribution is -0.143. The summed E-state index contributed by atoms with van der Waals surface area (Å²) in [5, 5.41) is 9.95. The van der Waals surface area contributed by atoms with Crippen molar-refractivity contribution in [3.05, 3.63) is 71.8 Å². The molecular weight excluding hydrogens is 520 g/mol. The molecule has 2 aromatic carbocycles. The summed E-state index contributed by atoms with van der Waals surface area (Å²) < 4.78 is 15.1. The van der Waals surface area contributed by atoms with E-state index in [9.17, 15) is 24.0 Å². The summed E-state index contributed by atoms with van der Waals surface area (Å²) in [5.74, 6) is -1.79. The fourth-order valence-corrected chi connectivity index (χ4v) is 3.35. The zero-order valence-electron chi connectivity index (χ0n) is 22.5. The first-order valence-corrected chi connectivity index (χ1v) is 13.0. The van der Waals surface area contributed by atoms with Gasteiger partial charge in [-0.25, -0.2) is 9.59 Å². The second kappa shape index (κ2) is 18.6. The van der Waals surface area contributed by atoms with Gasteiger partial charge in [0.2, 0.25) is 11.8 Å². The Morgan fingerprint density at radius 3 is 1.90 bits per heavy atom. The van der Waals surface area contributed by atoms with Crippen LogP contribution in [0, 0.1) is 0 Å². The van der Waals surface area contributed by atoms with Crippen LogP contribution in [0.25, 0.3) is 0 Å².